The Bertz CT molecular complexity index is 624. The second-order valence-electron chi connectivity index (χ2n) is 4.92. The van der Waals surface area contributed by atoms with Gasteiger partial charge in [-0.2, -0.15) is 11.8 Å². The molecular weight excluding hydrogens is 330 g/mol. The molecule has 2 aromatic rings. The van der Waals surface area contributed by atoms with Crippen LogP contribution in [-0.2, 0) is 15.3 Å². The highest BCUT2D eigenvalue weighted by Gasteiger charge is 2.09. The van der Waals surface area contributed by atoms with E-state index in [4.69, 9.17) is 4.74 Å². The summed E-state index contributed by atoms with van der Waals surface area (Å²) in [6.45, 7) is 2.26. The van der Waals surface area contributed by atoms with Gasteiger partial charge >= 0.3 is 5.97 Å². The van der Waals surface area contributed by atoms with E-state index >= 15 is 0 Å². The third kappa shape index (κ3) is 6.46. The van der Waals surface area contributed by atoms with Gasteiger partial charge in [0.1, 0.15) is 0 Å². The summed E-state index contributed by atoms with van der Waals surface area (Å²) >= 11 is 3.50. The van der Waals surface area contributed by atoms with E-state index in [2.05, 4.69) is 16.8 Å². The van der Waals surface area contributed by atoms with Gasteiger partial charge in [-0.05, 0) is 30.5 Å². The van der Waals surface area contributed by atoms with Crippen LogP contribution in [0.3, 0.4) is 0 Å². The van der Waals surface area contributed by atoms with Gasteiger partial charge in [0.25, 0.3) is 5.91 Å². The number of carbonyl (C=O) groups is 2. The third-order valence-corrected chi connectivity index (χ3v) is 5.08. The summed E-state index contributed by atoms with van der Waals surface area (Å²) in [5.74, 6) is 1.03. The van der Waals surface area contributed by atoms with Crippen LogP contribution in [0.1, 0.15) is 20.8 Å². The van der Waals surface area contributed by atoms with Crippen LogP contribution in [0.15, 0.2) is 41.8 Å². The number of esters is 1. The van der Waals surface area contributed by atoms with Crippen molar-refractivity contribution in [1.82, 2.24) is 5.32 Å². The molecule has 0 saturated carbocycles. The molecule has 0 fully saturated rings. The van der Waals surface area contributed by atoms with Crippen molar-refractivity contribution in [2.75, 3.05) is 18.9 Å². The molecule has 0 aliphatic heterocycles. The average Bonchev–Trinajstić information content (AvgIpc) is 3.06. The van der Waals surface area contributed by atoms with Crippen LogP contribution in [0.4, 0.5) is 0 Å². The van der Waals surface area contributed by atoms with Crippen LogP contribution >= 0.6 is 23.1 Å². The maximum absolute atomic E-state index is 11.8. The molecule has 0 atom stereocenters. The number of amides is 1. The number of ether oxygens (including phenoxy) is 1. The van der Waals surface area contributed by atoms with Crippen LogP contribution in [0, 0.1) is 6.92 Å². The minimum Gasteiger partial charge on any atom is -0.452 e. The monoisotopic (exact) mass is 349 g/mol. The van der Waals surface area contributed by atoms with E-state index in [1.54, 1.807) is 35.2 Å². The molecule has 1 aromatic carbocycles. The maximum atomic E-state index is 11.8. The number of hydrogen-bond acceptors (Lipinski definition) is 5. The lowest BCUT2D eigenvalue weighted by molar-refractivity contribution is -0.124. The second-order valence-corrected chi connectivity index (χ2v) is 7.06. The molecule has 122 valence electrons. The second kappa shape index (κ2) is 9.37. The Morgan fingerprint density at radius 1 is 1.22 bits per heavy atom. The summed E-state index contributed by atoms with van der Waals surface area (Å²) < 4.78 is 4.99. The first-order chi connectivity index (χ1) is 11.1. The standard InChI is InChI=1S/C17H19NO3S2/c1-13-4-6-14(7-5-13)17(20)21-11-16(19)18-8-10-22-12-15-3-2-9-23-15/h2-7,9H,8,10-12H2,1H3,(H,18,19). The van der Waals surface area contributed by atoms with Crippen LogP contribution in [-0.4, -0.2) is 30.8 Å². The summed E-state index contributed by atoms with van der Waals surface area (Å²) in [6.07, 6.45) is 0. The number of aryl methyl sites for hydroxylation is 1. The van der Waals surface area contributed by atoms with Crippen LogP contribution < -0.4 is 5.32 Å². The number of thiophene rings is 1. The molecule has 4 nitrogen and oxygen atoms in total. The first-order valence-corrected chi connectivity index (χ1v) is 9.29. The van der Waals surface area contributed by atoms with Crippen LogP contribution in [0.2, 0.25) is 0 Å². The summed E-state index contributed by atoms with van der Waals surface area (Å²) in [7, 11) is 0. The zero-order valence-electron chi connectivity index (χ0n) is 12.9. The zero-order chi connectivity index (χ0) is 16.5. The molecule has 23 heavy (non-hydrogen) atoms. The van der Waals surface area contributed by atoms with E-state index in [-0.39, 0.29) is 12.5 Å². The molecule has 0 spiro atoms. The molecule has 6 heteroatoms. The lowest BCUT2D eigenvalue weighted by atomic mass is 10.1. The van der Waals surface area contributed by atoms with E-state index in [9.17, 15) is 9.59 Å². The fourth-order valence-electron chi connectivity index (χ4n) is 1.79. The van der Waals surface area contributed by atoms with Gasteiger partial charge in [0.15, 0.2) is 6.61 Å². The fraction of sp³-hybridized carbons (Fsp3) is 0.294. The van der Waals surface area contributed by atoms with Gasteiger partial charge in [0.2, 0.25) is 0 Å². The lowest BCUT2D eigenvalue weighted by Gasteiger charge is -2.06. The molecule has 1 amide bonds. The number of nitrogens with one attached hydrogen (secondary N) is 1. The van der Waals surface area contributed by atoms with Crippen molar-refractivity contribution in [2.45, 2.75) is 12.7 Å². The number of rotatable bonds is 8. The number of benzene rings is 1. The Morgan fingerprint density at radius 3 is 2.70 bits per heavy atom. The van der Waals surface area contributed by atoms with Crippen molar-refractivity contribution in [1.29, 1.82) is 0 Å². The Hall–Kier alpha value is -1.79. The predicted molar refractivity (Wildman–Crippen MR) is 95.0 cm³/mol. The van der Waals surface area contributed by atoms with E-state index in [0.29, 0.717) is 12.1 Å². The van der Waals surface area contributed by atoms with Crippen molar-refractivity contribution in [2.24, 2.45) is 0 Å². The quantitative estimate of drug-likeness (QED) is 0.587. The largest absolute Gasteiger partial charge is 0.452 e. The van der Waals surface area contributed by atoms with Gasteiger partial charge in [-0.1, -0.05) is 23.8 Å². The molecule has 0 unspecified atom stereocenters. The first kappa shape index (κ1) is 17.6. The molecule has 0 aliphatic carbocycles. The summed E-state index contributed by atoms with van der Waals surface area (Å²) in [5.41, 5.74) is 1.52. The first-order valence-electron chi connectivity index (χ1n) is 7.26. The van der Waals surface area contributed by atoms with Crippen LogP contribution in [0.25, 0.3) is 0 Å². The Labute approximate surface area is 144 Å². The lowest BCUT2D eigenvalue weighted by Crippen LogP contribution is -2.30. The SMILES string of the molecule is Cc1ccc(C(=O)OCC(=O)NCCSCc2cccs2)cc1. The summed E-state index contributed by atoms with van der Waals surface area (Å²) in [6, 6.07) is 11.2. The van der Waals surface area contributed by atoms with Crippen molar-refractivity contribution in [3.8, 4) is 0 Å². The molecule has 1 heterocycles. The van der Waals surface area contributed by atoms with Gasteiger partial charge < -0.3 is 10.1 Å². The highest BCUT2D eigenvalue weighted by atomic mass is 32.2. The topological polar surface area (TPSA) is 55.4 Å². The smallest absolute Gasteiger partial charge is 0.338 e. The Kier molecular flexibility index (Phi) is 7.16. The van der Waals surface area contributed by atoms with E-state index in [0.717, 1.165) is 17.1 Å². The summed E-state index contributed by atoms with van der Waals surface area (Å²) in [5, 5.41) is 4.80. The van der Waals surface area contributed by atoms with Gasteiger partial charge in [-0.25, -0.2) is 4.79 Å². The molecule has 0 radical (unpaired) electrons. The zero-order valence-corrected chi connectivity index (χ0v) is 14.5. The maximum Gasteiger partial charge on any atom is 0.338 e. The Balaban J connectivity index is 1.57. The van der Waals surface area contributed by atoms with E-state index in [1.807, 2.05) is 25.1 Å². The number of carbonyl (C=O) groups excluding carboxylic acids is 2. The van der Waals surface area contributed by atoms with Crippen molar-refractivity contribution >= 4 is 35.0 Å². The molecule has 0 aliphatic rings. The molecular formula is C17H19NO3S2. The molecule has 0 bridgehead atoms. The van der Waals surface area contributed by atoms with Crippen molar-refractivity contribution in [3.05, 3.63) is 57.8 Å². The highest BCUT2D eigenvalue weighted by Crippen LogP contribution is 2.16. The van der Waals surface area contributed by atoms with E-state index < -0.39 is 5.97 Å². The highest BCUT2D eigenvalue weighted by molar-refractivity contribution is 7.98. The molecule has 1 N–H and O–H groups in total. The van der Waals surface area contributed by atoms with Gasteiger partial charge in [-0.3, -0.25) is 4.79 Å². The minimum atomic E-state index is -0.479. The van der Waals surface area contributed by atoms with Crippen molar-refractivity contribution in [3.63, 3.8) is 0 Å². The molecule has 2 rings (SSSR count). The van der Waals surface area contributed by atoms with Gasteiger partial charge in [0, 0.05) is 22.9 Å². The van der Waals surface area contributed by atoms with Gasteiger partial charge in [-0.15, -0.1) is 11.3 Å². The number of thioether (sulfide) groups is 1. The minimum absolute atomic E-state index is 0.248. The Morgan fingerprint density at radius 2 is 2.00 bits per heavy atom. The van der Waals surface area contributed by atoms with Crippen LogP contribution in [0.5, 0.6) is 0 Å². The molecule has 0 saturated heterocycles. The molecule has 1 aromatic heterocycles. The van der Waals surface area contributed by atoms with Gasteiger partial charge in [0.05, 0.1) is 5.56 Å². The third-order valence-electron chi connectivity index (χ3n) is 3.01. The van der Waals surface area contributed by atoms with E-state index in [1.165, 1.54) is 4.88 Å². The summed E-state index contributed by atoms with van der Waals surface area (Å²) in [4.78, 5) is 24.7. The predicted octanol–water partition coefficient (Wildman–Crippen LogP) is 3.26. The normalized spacial score (nSPS) is 10.3. The van der Waals surface area contributed by atoms with Crippen molar-refractivity contribution < 1.29 is 14.3 Å². The fourth-order valence-corrected chi connectivity index (χ4v) is 3.48. The number of hydrogen-bond donors (Lipinski definition) is 1. The average molecular weight is 349 g/mol.